The molecule has 2 N–H and O–H groups in total. The van der Waals surface area contributed by atoms with Crippen LogP contribution in [0.5, 0.6) is 0 Å². The van der Waals surface area contributed by atoms with Crippen LogP contribution in [-0.2, 0) is 20.7 Å². The van der Waals surface area contributed by atoms with Gasteiger partial charge in [0.05, 0.1) is 6.61 Å². The molecule has 0 spiro atoms. The molecule has 0 aliphatic carbocycles. The molecule has 1 rings (SSSR count). The van der Waals surface area contributed by atoms with Gasteiger partial charge >= 0.3 is 11.9 Å². The SMILES string of the molecule is CCOC(=O)CCCc1ccccc1NC(C)C(=O)O.Cl. The van der Waals surface area contributed by atoms with Crippen LogP contribution < -0.4 is 5.32 Å². The minimum atomic E-state index is -0.897. The Labute approximate surface area is 131 Å². The van der Waals surface area contributed by atoms with Crippen molar-refractivity contribution in [2.75, 3.05) is 11.9 Å². The van der Waals surface area contributed by atoms with Gasteiger partial charge in [0.25, 0.3) is 0 Å². The molecule has 1 atom stereocenters. The van der Waals surface area contributed by atoms with E-state index < -0.39 is 12.0 Å². The van der Waals surface area contributed by atoms with E-state index in [1.165, 1.54) is 0 Å². The lowest BCUT2D eigenvalue weighted by atomic mass is 10.1. The number of esters is 1. The minimum absolute atomic E-state index is 0. The van der Waals surface area contributed by atoms with E-state index in [4.69, 9.17) is 9.84 Å². The van der Waals surface area contributed by atoms with Crippen LogP contribution in [0.1, 0.15) is 32.3 Å². The molecule has 0 aliphatic heterocycles. The molecule has 0 amide bonds. The standard InChI is InChI=1S/C15H21NO4.ClH/c1-3-20-14(17)10-6-8-12-7-4-5-9-13(12)16-11(2)15(18)19;/h4-5,7,9,11,16H,3,6,8,10H2,1-2H3,(H,18,19);1H. The molecular weight excluding hydrogens is 294 g/mol. The van der Waals surface area contributed by atoms with Crippen molar-refractivity contribution in [3.63, 3.8) is 0 Å². The van der Waals surface area contributed by atoms with Crippen LogP contribution >= 0.6 is 12.4 Å². The third-order valence-electron chi connectivity index (χ3n) is 2.89. The number of halogens is 1. The molecule has 118 valence electrons. The van der Waals surface area contributed by atoms with Crippen molar-refractivity contribution in [1.82, 2.24) is 0 Å². The summed E-state index contributed by atoms with van der Waals surface area (Å²) >= 11 is 0. The van der Waals surface area contributed by atoms with Gasteiger partial charge in [0.1, 0.15) is 6.04 Å². The lowest BCUT2D eigenvalue weighted by Gasteiger charge is -2.14. The number of hydrogen-bond acceptors (Lipinski definition) is 4. The van der Waals surface area contributed by atoms with Gasteiger partial charge in [-0.05, 0) is 38.3 Å². The molecule has 0 radical (unpaired) electrons. The largest absolute Gasteiger partial charge is 0.480 e. The van der Waals surface area contributed by atoms with E-state index in [9.17, 15) is 9.59 Å². The zero-order valence-electron chi connectivity index (χ0n) is 12.3. The van der Waals surface area contributed by atoms with E-state index in [1.807, 2.05) is 24.3 Å². The molecule has 6 heteroatoms. The average molecular weight is 316 g/mol. The fourth-order valence-electron chi connectivity index (χ4n) is 1.83. The maximum absolute atomic E-state index is 11.3. The summed E-state index contributed by atoms with van der Waals surface area (Å²) in [6.45, 7) is 3.77. The molecule has 0 saturated heterocycles. The van der Waals surface area contributed by atoms with E-state index in [2.05, 4.69) is 5.32 Å². The molecule has 0 aliphatic rings. The summed E-state index contributed by atoms with van der Waals surface area (Å²) in [6, 6.07) is 6.88. The third-order valence-corrected chi connectivity index (χ3v) is 2.89. The number of benzene rings is 1. The Hall–Kier alpha value is -1.75. The first kappa shape index (κ1) is 19.2. The fraction of sp³-hybridized carbons (Fsp3) is 0.467. The maximum atomic E-state index is 11.3. The van der Waals surface area contributed by atoms with E-state index in [-0.39, 0.29) is 18.4 Å². The van der Waals surface area contributed by atoms with Crippen molar-refractivity contribution in [2.24, 2.45) is 0 Å². The summed E-state index contributed by atoms with van der Waals surface area (Å²) in [5.41, 5.74) is 1.80. The number of para-hydroxylation sites is 1. The van der Waals surface area contributed by atoms with Crippen molar-refractivity contribution in [2.45, 2.75) is 39.2 Å². The lowest BCUT2D eigenvalue weighted by molar-refractivity contribution is -0.143. The van der Waals surface area contributed by atoms with Crippen LogP contribution in [0, 0.1) is 0 Å². The number of ether oxygens (including phenoxy) is 1. The van der Waals surface area contributed by atoms with Gasteiger partial charge in [0.2, 0.25) is 0 Å². The predicted octanol–water partition coefficient (Wildman–Crippen LogP) is 2.88. The van der Waals surface area contributed by atoms with Gasteiger partial charge < -0.3 is 15.2 Å². The Balaban J connectivity index is 0.00000400. The van der Waals surface area contributed by atoms with Gasteiger partial charge in [-0.15, -0.1) is 12.4 Å². The summed E-state index contributed by atoms with van der Waals surface area (Å²) in [6.07, 6.45) is 1.75. The molecule has 0 fully saturated rings. The molecule has 0 heterocycles. The summed E-state index contributed by atoms with van der Waals surface area (Å²) in [5, 5.41) is 11.9. The topological polar surface area (TPSA) is 75.6 Å². The van der Waals surface area contributed by atoms with Crippen LogP contribution in [0.15, 0.2) is 24.3 Å². The zero-order valence-corrected chi connectivity index (χ0v) is 13.1. The summed E-state index contributed by atoms with van der Waals surface area (Å²) in [7, 11) is 0. The van der Waals surface area contributed by atoms with Gasteiger partial charge in [0, 0.05) is 12.1 Å². The highest BCUT2D eigenvalue weighted by Gasteiger charge is 2.12. The molecule has 0 saturated carbocycles. The Morgan fingerprint density at radius 2 is 2.00 bits per heavy atom. The van der Waals surface area contributed by atoms with Crippen molar-refractivity contribution < 1.29 is 19.4 Å². The second-order valence-electron chi connectivity index (χ2n) is 4.52. The van der Waals surface area contributed by atoms with Gasteiger partial charge in [-0.3, -0.25) is 9.59 Å². The molecular formula is C15H22ClNO4. The van der Waals surface area contributed by atoms with Crippen LogP contribution in [-0.4, -0.2) is 29.7 Å². The first-order chi connectivity index (χ1) is 9.54. The van der Waals surface area contributed by atoms with Crippen molar-refractivity contribution in [1.29, 1.82) is 0 Å². The second-order valence-corrected chi connectivity index (χ2v) is 4.52. The number of nitrogens with one attached hydrogen (secondary N) is 1. The normalized spacial score (nSPS) is 11.1. The number of carboxylic acid groups (broad SMARTS) is 1. The monoisotopic (exact) mass is 315 g/mol. The fourth-order valence-corrected chi connectivity index (χ4v) is 1.83. The Kier molecular flexibility index (Phi) is 9.21. The van der Waals surface area contributed by atoms with Gasteiger partial charge in [-0.1, -0.05) is 18.2 Å². The van der Waals surface area contributed by atoms with E-state index >= 15 is 0 Å². The molecule has 1 aromatic rings. The number of hydrogen-bond donors (Lipinski definition) is 2. The van der Waals surface area contributed by atoms with Crippen LogP contribution in [0.2, 0.25) is 0 Å². The third kappa shape index (κ3) is 6.99. The number of aliphatic carboxylic acids is 1. The van der Waals surface area contributed by atoms with Crippen molar-refractivity contribution in [3.8, 4) is 0 Å². The molecule has 1 aromatic carbocycles. The van der Waals surface area contributed by atoms with Crippen LogP contribution in [0.3, 0.4) is 0 Å². The maximum Gasteiger partial charge on any atom is 0.325 e. The number of rotatable bonds is 8. The molecule has 0 aromatic heterocycles. The summed E-state index contributed by atoms with van der Waals surface area (Å²) in [4.78, 5) is 22.1. The van der Waals surface area contributed by atoms with Gasteiger partial charge in [0.15, 0.2) is 0 Å². The summed E-state index contributed by atoms with van der Waals surface area (Å²) in [5.74, 6) is -1.09. The van der Waals surface area contributed by atoms with Crippen molar-refractivity contribution in [3.05, 3.63) is 29.8 Å². The molecule has 5 nitrogen and oxygen atoms in total. The Bertz CT molecular complexity index is 465. The Morgan fingerprint density at radius 1 is 1.33 bits per heavy atom. The van der Waals surface area contributed by atoms with Crippen LogP contribution in [0.25, 0.3) is 0 Å². The van der Waals surface area contributed by atoms with E-state index in [0.29, 0.717) is 25.9 Å². The van der Waals surface area contributed by atoms with Gasteiger partial charge in [-0.25, -0.2) is 0 Å². The van der Waals surface area contributed by atoms with E-state index in [0.717, 1.165) is 11.3 Å². The number of carbonyl (C=O) groups is 2. The zero-order chi connectivity index (χ0) is 15.0. The number of carboxylic acids is 1. The second kappa shape index (κ2) is 10.0. The number of anilines is 1. The van der Waals surface area contributed by atoms with Crippen molar-refractivity contribution >= 4 is 30.0 Å². The highest BCUT2D eigenvalue weighted by Crippen LogP contribution is 2.18. The quantitative estimate of drug-likeness (QED) is 0.721. The smallest absolute Gasteiger partial charge is 0.325 e. The average Bonchev–Trinajstić information content (AvgIpc) is 2.40. The highest BCUT2D eigenvalue weighted by atomic mass is 35.5. The lowest BCUT2D eigenvalue weighted by Crippen LogP contribution is -2.25. The summed E-state index contributed by atoms with van der Waals surface area (Å²) < 4.78 is 4.87. The van der Waals surface area contributed by atoms with Crippen LogP contribution in [0.4, 0.5) is 5.69 Å². The highest BCUT2D eigenvalue weighted by molar-refractivity contribution is 5.85. The first-order valence-electron chi connectivity index (χ1n) is 6.77. The Morgan fingerprint density at radius 3 is 2.62 bits per heavy atom. The van der Waals surface area contributed by atoms with E-state index in [1.54, 1.807) is 13.8 Å². The molecule has 0 bridgehead atoms. The predicted molar refractivity (Wildman–Crippen MR) is 84.0 cm³/mol. The van der Waals surface area contributed by atoms with Gasteiger partial charge in [-0.2, -0.15) is 0 Å². The molecule has 1 unspecified atom stereocenters. The molecule has 21 heavy (non-hydrogen) atoms. The number of carbonyl (C=O) groups excluding carboxylic acids is 1. The number of aryl methyl sites for hydroxylation is 1. The first-order valence-corrected chi connectivity index (χ1v) is 6.77. The minimum Gasteiger partial charge on any atom is -0.480 e.